The highest BCUT2D eigenvalue weighted by molar-refractivity contribution is 7.99. The summed E-state index contributed by atoms with van der Waals surface area (Å²) in [7, 11) is -3.83. The van der Waals surface area contributed by atoms with Crippen molar-refractivity contribution in [3.05, 3.63) is 75.9 Å². The molecule has 0 aliphatic carbocycles. The minimum Gasteiger partial charge on any atom is -0.279 e. The number of hydrogen-bond donors (Lipinski definition) is 1. The number of carbonyl (C=O) groups is 2. The van der Waals surface area contributed by atoms with Crippen molar-refractivity contribution in [2.75, 3.05) is 4.72 Å². The summed E-state index contributed by atoms with van der Waals surface area (Å²) in [4.78, 5) is 32.3. The molecule has 7 nitrogen and oxygen atoms in total. The molecule has 0 saturated heterocycles. The molecule has 1 aromatic heterocycles. The van der Waals surface area contributed by atoms with Crippen molar-refractivity contribution in [3.63, 3.8) is 0 Å². The maximum absolute atomic E-state index is 13.0. The SMILES string of the molecule is Cc1cc2c(c(Sc3ccc(C)c(NS(=O)(=O)c4ccc(Cl)cc4)c3)n1)C(=O)N(C(C)C)C2=O. The fraction of sp³-hybridized carbons (Fsp3) is 0.208. The quantitative estimate of drug-likeness (QED) is 0.447. The molecule has 0 spiro atoms. The standard InChI is InChI=1S/C24H22ClN3O4S2/c1-13(2)28-23(29)19-11-15(4)26-22(21(19)24(28)30)33-17-8-5-14(3)20(12-17)27-34(31,32)18-9-6-16(25)7-10-18/h5-13,27H,1-4H3. The maximum Gasteiger partial charge on any atom is 0.264 e. The molecule has 0 atom stereocenters. The van der Waals surface area contributed by atoms with Gasteiger partial charge in [0.15, 0.2) is 0 Å². The van der Waals surface area contributed by atoms with E-state index >= 15 is 0 Å². The Morgan fingerprint density at radius 3 is 2.32 bits per heavy atom. The number of aryl methyl sites for hydroxylation is 2. The zero-order valence-corrected chi connectivity index (χ0v) is 21.3. The number of nitrogens with zero attached hydrogens (tertiary/aromatic N) is 2. The number of halogens is 1. The van der Waals surface area contributed by atoms with E-state index in [1.54, 1.807) is 45.9 Å². The maximum atomic E-state index is 13.0. The smallest absolute Gasteiger partial charge is 0.264 e. The summed E-state index contributed by atoms with van der Waals surface area (Å²) < 4.78 is 28.3. The lowest BCUT2D eigenvalue weighted by atomic mass is 10.1. The average Bonchev–Trinajstić information content (AvgIpc) is 3.00. The molecule has 34 heavy (non-hydrogen) atoms. The number of sulfonamides is 1. The molecule has 1 aliphatic heterocycles. The fourth-order valence-corrected chi connectivity index (χ4v) is 5.88. The van der Waals surface area contributed by atoms with Crippen LogP contribution in [0.4, 0.5) is 5.69 Å². The molecule has 3 aromatic rings. The van der Waals surface area contributed by atoms with Gasteiger partial charge in [-0.15, -0.1) is 0 Å². The molecule has 2 aromatic carbocycles. The summed E-state index contributed by atoms with van der Waals surface area (Å²) in [5.41, 5.74) is 2.35. The van der Waals surface area contributed by atoms with Crippen molar-refractivity contribution in [2.45, 2.75) is 48.6 Å². The van der Waals surface area contributed by atoms with Crippen LogP contribution in [0.1, 0.15) is 45.8 Å². The zero-order chi connectivity index (χ0) is 24.8. The summed E-state index contributed by atoms with van der Waals surface area (Å²) in [6.07, 6.45) is 0. The number of nitrogens with one attached hydrogen (secondary N) is 1. The molecule has 10 heteroatoms. The Morgan fingerprint density at radius 2 is 1.68 bits per heavy atom. The molecule has 0 saturated carbocycles. The van der Waals surface area contributed by atoms with E-state index in [4.69, 9.17) is 11.6 Å². The molecular formula is C24H22ClN3O4S2. The van der Waals surface area contributed by atoms with Crippen molar-refractivity contribution in [1.29, 1.82) is 0 Å². The Labute approximate surface area is 207 Å². The summed E-state index contributed by atoms with van der Waals surface area (Å²) in [5.74, 6) is -0.705. The van der Waals surface area contributed by atoms with Crippen molar-refractivity contribution < 1.29 is 18.0 Å². The molecule has 2 heterocycles. The summed E-state index contributed by atoms with van der Waals surface area (Å²) >= 11 is 7.08. The fourth-order valence-electron chi connectivity index (χ4n) is 3.61. The van der Waals surface area contributed by atoms with Gasteiger partial charge < -0.3 is 0 Å². The number of benzene rings is 2. The summed E-state index contributed by atoms with van der Waals surface area (Å²) in [6, 6.07) is 12.5. The largest absolute Gasteiger partial charge is 0.279 e. The van der Waals surface area contributed by atoms with Gasteiger partial charge in [0.05, 0.1) is 21.7 Å². The first kappa shape index (κ1) is 24.3. The van der Waals surface area contributed by atoms with Crippen molar-refractivity contribution in [1.82, 2.24) is 9.88 Å². The Hall–Kier alpha value is -2.88. The summed E-state index contributed by atoms with van der Waals surface area (Å²) in [5, 5.41) is 0.850. The third-order valence-corrected chi connectivity index (χ3v) is 7.92. The lowest BCUT2D eigenvalue weighted by molar-refractivity contribution is 0.0607. The molecule has 0 unspecified atom stereocenters. The van der Waals surface area contributed by atoms with Crippen molar-refractivity contribution in [2.24, 2.45) is 0 Å². The van der Waals surface area contributed by atoms with Gasteiger partial charge >= 0.3 is 0 Å². The third-order valence-electron chi connectivity index (χ3n) is 5.30. The van der Waals surface area contributed by atoms with Crippen molar-refractivity contribution >= 4 is 50.9 Å². The van der Waals surface area contributed by atoms with Gasteiger partial charge in [-0.1, -0.05) is 29.4 Å². The monoisotopic (exact) mass is 515 g/mol. The predicted octanol–water partition coefficient (Wildman–Crippen LogP) is 5.31. The highest BCUT2D eigenvalue weighted by atomic mass is 35.5. The van der Waals surface area contributed by atoms with Gasteiger partial charge in [0.2, 0.25) is 0 Å². The van der Waals surface area contributed by atoms with Crippen LogP contribution >= 0.6 is 23.4 Å². The van der Waals surface area contributed by atoms with Gasteiger partial charge in [-0.2, -0.15) is 0 Å². The second kappa shape index (κ2) is 9.05. The van der Waals surface area contributed by atoms with E-state index in [0.717, 1.165) is 5.56 Å². The lowest BCUT2D eigenvalue weighted by Crippen LogP contribution is -2.36. The van der Waals surface area contributed by atoms with Crippen LogP contribution in [0.3, 0.4) is 0 Å². The van der Waals surface area contributed by atoms with Gasteiger partial charge in [-0.05, 0) is 75.7 Å². The Kier molecular flexibility index (Phi) is 6.46. The number of amides is 2. The first-order valence-electron chi connectivity index (χ1n) is 10.4. The van der Waals surface area contributed by atoms with Crippen LogP contribution in [-0.4, -0.2) is 36.2 Å². The Bertz CT molecular complexity index is 1420. The molecule has 2 amide bonds. The zero-order valence-electron chi connectivity index (χ0n) is 18.9. The first-order chi connectivity index (χ1) is 16.0. The molecule has 0 bridgehead atoms. The second-order valence-electron chi connectivity index (χ2n) is 8.20. The number of anilines is 1. The number of aromatic nitrogens is 1. The van der Waals surface area contributed by atoms with E-state index in [9.17, 15) is 18.0 Å². The van der Waals surface area contributed by atoms with Gasteiger partial charge in [0, 0.05) is 21.7 Å². The number of carbonyl (C=O) groups excluding carboxylic acids is 2. The second-order valence-corrected chi connectivity index (χ2v) is 11.4. The summed E-state index contributed by atoms with van der Waals surface area (Å²) in [6.45, 7) is 7.13. The van der Waals surface area contributed by atoms with Crippen LogP contribution in [0, 0.1) is 13.8 Å². The highest BCUT2D eigenvalue weighted by Crippen LogP contribution is 2.37. The molecule has 0 fully saturated rings. The van der Waals surface area contributed by atoms with E-state index in [1.165, 1.54) is 40.9 Å². The van der Waals surface area contributed by atoms with Gasteiger partial charge in [0.1, 0.15) is 5.03 Å². The van der Waals surface area contributed by atoms with E-state index in [2.05, 4.69) is 9.71 Å². The number of pyridine rings is 1. The lowest BCUT2D eigenvalue weighted by Gasteiger charge is -2.17. The molecule has 1 N–H and O–H groups in total. The molecule has 0 radical (unpaired) electrons. The number of fused-ring (bicyclic) bond motifs is 1. The van der Waals surface area contributed by atoms with E-state index in [0.29, 0.717) is 31.9 Å². The van der Waals surface area contributed by atoms with E-state index in [1.807, 2.05) is 6.07 Å². The topological polar surface area (TPSA) is 96.4 Å². The average molecular weight is 516 g/mol. The van der Waals surface area contributed by atoms with E-state index in [-0.39, 0.29) is 28.3 Å². The number of hydrogen-bond acceptors (Lipinski definition) is 6. The minimum atomic E-state index is -3.83. The molecule has 176 valence electrons. The molecule has 1 aliphatic rings. The number of rotatable bonds is 6. The van der Waals surface area contributed by atoms with Crippen LogP contribution in [0.2, 0.25) is 5.02 Å². The normalized spacial score (nSPS) is 13.5. The van der Waals surface area contributed by atoms with E-state index < -0.39 is 10.0 Å². The highest BCUT2D eigenvalue weighted by Gasteiger charge is 2.40. The van der Waals surface area contributed by atoms with Crippen LogP contribution in [0.15, 0.2) is 63.3 Å². The van der Waals surface area contributed by atoms with Crippen LogP contribution in [0.5, 0.6) is 0 Å². The van der Waals surface area contributed by atoms with Crippen molar-refractivity contribution in [3.8, 4) is 0 Å². The Morgan fingerprint density at radius 1 is 1.00 bits per heavy atom. The van der Waals surface area contributed by atoms with Crippen LogP contribution < -0.4 is 4.72 Å². The minimum absolute atomic E-state index is 0.0883. The van der Waals surface area contributed by atoms with Crippen LogP contribution in [-0.2, 0) is 10.0 Å². The van der Waals surface area contributed by atoms with Crippen LogP contribution in [0.25, 0.3) is 0 Å². The van der Waals surface area contributed by atoms with Gasteiger partial charge in [-0.25, -0.2) is 13.4 Å². The number of imide groups is 1. The first-order valence-corrected chi connectivity index (χ1v) is 13.1. The predicted molar refractivity (Wildman–Crippen MR) is 132 cm³/mol. The van der Waals surface area contributed by atoms with Gasteiger partial charge in [-0.3, -0.25) is 19.2 Å². The Balaban J connectivity index is 1.68. The molecular weight excluding hydrogens is 494 g/mol. The third kappa shape index (κ3) is 4.55. The van der Waals surface area contributed by atoms with Gasteiger partial charge in [0.25, 0.3) is 21.8 Å². The molecule has 4 rings (SSSR count).